The fourth-order valence-corrected chi connectivity index (χ4v) is 2.33. The highest BCUT2D eigenvalue weighted by Crippen LogP contribution is 2.29. The molecular formula is C10H6N4S. The van der Waals surface area contributed by atoms with Gasteiger partial charge in [0.25, 0.3) is 0 Å². The molecule has 2 aromatic rings. The molecule has 0 bridgehead atoms. The van der Waals surface area contributed by atoms with Crippen LogP contribution < -0.4 is 0 Å². The van der Waals surface area contributed by atoms with Gasteiger partial charge in [0.15, 0.2) is 11.2 Å². The predicted octanol–water partition coefficient (Wildman–Crippen LogP) is 2.73. The van der Waals surface area contributed by atoms with Crippen LogP contribution in [0.15, 0.2) is 0 Å². The normalized spacial score (nSPS) is 9.87. The number of rotatable bonds is 0. The summed E-state index contributed by atoms with van der Waals surface area (Å²) in [6.45, 7) is 10.8. The van der Waals surface area contributed by atoms with Gasteiger partial charge >= 0.3 is 5.82 Å². The van der Waals surface area contributed by atoms with Crippen molar-refractivity contribution in [2.24, 2.45) is 0 Å². The molecule has 15 heavy (non-hydrogen) atoms. The Balaban J connectivity index is 2.93. The highest BCUT2D eigenvalue weighted by Gasteiger charge is 2.15. The largest absolute Gasteiger partial charge is 0.358 e. The molecular weight excluding hydrogens is 208 g/mol. The lowest BCUT2D eigenvalue weighted by Gasteiger charge is -1.93. The Bertz CT molecular complexity index is 573. The zero-order valence-electron chi connectivity index (χ0n) is 8.20. The third-order valence-electron chi connectivity index (χ3n) is 2.06. The number of fused-ring (bicyclic) bond motifs is 1. The Kier molecular flexibility index (Phi) is 2.11. The highest BCUT2D eigenvalue weighted by molar-refractivity contribution is 7.13. The summed E-state index contributed by atoms with van der Waals surface area (Å²) in [5.41, 5.74) is 1.59. The zero-order valence-corrected chi connectivity index (χ0v) is 9.01. The molecule has 0 atom stereocenters. The minimum atomic E-state index is 0.0888. The summed E-state index contributed by atoms with van der Waals surface area (Å²) in [5, 5.41) is 8.81. The van der Waals surface area contributed by atoms with Crippen molar-refractivity contribution in [3.63, 3.8) is 0 Å². The van der Waals surface area contributed by atoms with Crippen LogP contribution in [0.2, 0.25) is 0 Å². The minimum Gasteiger partial charge on any atom is -0.358 e. The minimum absolute atomic E-state index is 0.0888. The van der Waals surface area contributed by atoms with Gasteiger partial charge in [-0.25, -0.2) is 4.98 Å². The molecule has 4 nitrogen and oxygen atoms in total. The van der Waals surface area contributed by atoms with Crippen molar-refractivity contribution < 1.29 is 0 Å². The van der Waals surface area contributed by atoms with Gasteiger partial charge in [-0.1, -0.05) is 6.57 Å². The first-order valence-electron chi connectivity index (χ1n) is 4.22. The van der Waals surface area contributed by atoms with Crippen LogP contribution in [0.3, 0.4) is 0 Å². The number of aromatic nitrogens is 2. The van der Waals surface area contributed by atoms with Crippen LogP contribution in [0.25, 0.3) is 15.9 Å². The number of hydrogen-bond acceptors (Lipinski definition) is 4. The van der Waals surface area contributed by atoms with Crippen LogP contribution >= 0.6 is 11.3 Å². The van der Waals surface area contributed by atoms with E-state index in [1.807, 2.05) is 19.9 Å². The summed E-state index contributed by atoms with van der Waals surface area (Å²) in [7, 11) is 0. The number of thiophene rings is 1. The van der Waals surface area contributed by atoms with E-state index >= 15 is 0 Å². The fourth-order valence-electron chi connectivity index (χ4n) is 1.40. The Morgan fingerprint density at radius 1 is 1.27 bits per heavy atom. The smallest absolute Gasteiger partial charge is 0.307 e. The van der Waals surface area contributed by atoms with Gasteiger partial charge in [0.05, 0.1) is 4.88 Å². The quantitative estimate of drug-likeness (QED) is 0.633. The van der Waals surface area contributed by atoms with Crippen LogP contribution in [0.1, 0.15) is 15.4 Å². The molecule has 0 radical (unpaired) electrons. The van der Waals surface area contributed by atoms with E-state index in [0.29, 0.717) is 0 Å². The standard InChI is InChI=1S/C10H6N4S/c1-5-8-9(6(2)15-5)14-10(12-3)7(4-11)13-8/h1-2H3. The monoisotopic (exact) mass is 214 g/mol. The molecule has 0 N–H and O–H groups in total. The molecule has 0 saturated heterocycles. The summed E-state index contributed by atoms with van der Waals surface area (Å²) >= 11 is 1.58. The van der Waals surface area contributed by atoms with Crippen molar-refractivity contribution in [1.82, 2.24) is 9.97 Å². The van der Waals surface area contributed by atoms with Gasteiger partial charge in [0, 0.05) is 4.88 Å². The second-order valence-corrected chi connectivity index (χ2v) is 4.46. The number of nitriles is 1. The second-order valence-electron chi connectivity index (χ2n) is 3.03. The maximum Gasteiger partial charge on any atom is 0.307 e. The number of nitrogens with zero attached hydrogens (tertiary/aromatic N) is 4. The molecule has 0 aliphatic heterocycles. The van der Waals surface area contributed by atoms with Gasteiger partial charge in [-0.05, 0) is 13.8 Å². The van der Waals surface area contributed by atoms with Crippen molar-refractivity contribution in [2.75, 3.05) is 0 Å². The predicted molar refractivity (Wildman–Crippen MR) is 57.9 cm³/mol. The Morgan fingerprint density at radius 2 is 1.87 bits per heavy atom. The lowest BCUT2D eigenvalue weighted by Crippen LogP contribution is -1.88. The summed E-state index contributed by atoms with van der Waals surface area (Å²) < 4.78 is 0. The number of aryl methyl sites for hydroxylation is 2. The van der Waals surface area contributed by atoms with Crippen molar-refractivity contribution >= 4 is 28.2 Å². The van der Waals surface area contributed by atoms with Crippen LogP contribution in [0.4, 0.5) is 5.82 Å². The number of hydrogen-bond donors (Lipinski definition) is 0. The first-order chi connectivity index (χ1) is 7.17. The Hall–Kier alpha value is -1.98. The van der Waals surface area contributed by atoms with Crippen molar-refractivity contribution in [2.45, 2.75) is 13.8 Å². The highest BCUT2D eigenvalue weighted by atomic mass is 32.1. The average molecular weight is 214 g/mol. The van der Waals surface area contributed by atoms with E-state index in [9.17, 15) is 0 Å². The molecule has 0 aromatic carbocycles. The third kappa shape index (κ3) is 1.34. The topological polar surface area (TPSA) is 53.9 Å². The van der Waals surface area contributed by atoms with Gasteiger partial charge in [0.1, 0.15) is 11.6 Å². The first kappa shape index (κ1) is 9.57. The SMILES string of the molecule is [C-]#[N+]c1nc2c(C)sc(C)c2nc1C#N. The summed E-state index contributed by atoms with van der Waals surface area (Å²) in [6.07, 6.45) is 0. The van der Waals surface area contributed by atoms with Crippen molar-refractivity contribution in [3.8, 4) is 6.07 Å². The zero-order chi connectivity index (χ0) is 11.0. The van der Waals surface area contributed by atoms with E-state index in [2.05, 4.69) is 14.8 Å². The molecule has 2 aromatic heterocycles. The van der Waals surface area contributed by atoms with Gasteiger partial charge in [-0.2, -0.15) is 5.26 Å². The van der Waals surface area contributed by atoms with E-state index in [0.717, 1.165) is 20.8 Å². The molecule has 0 aliphatic carbocycles. The average Bonchev–Trinajstić information content (AvgIpc) is 2.52. The molecule has 0 aliphatic rings. The van der Waals surface area contributed by atoms with E-state index < -0.39 is 0 Å². The van der Waals surface area contributed by atoms with Crippen molar-refractivity contribution in [3.05, 3.63) is 26.9 Å². The van der Waals surface area contributed by atoms with Gasteiger partial charge in [-0.3, -0.25) is 0 Å². The van der Waals surface area contributed by atoms with E-state index in [1.54, 1.807) is 11.3 Å². The summed E-state index contributed by atoms with van der Waals surface area (Å²) in [5.74, 6) is 0.0888. The van der Waals surface area contributed by atoms with Gasteiger partial charge < -0.3 is 4.85 Å². The Labute approximate surface area is 90.6 Å². The molecule has 2 heterocycles. The molecule has 0 saturated carbocycles. The molecule has 2 rings (SSSR count). The summed E-state index contributed by atoms with van der Waals surface area (Å²) in [4.78, 5) is 13.6. The second kappa shape index (κ2) is 3.30. The molecule has 0 amide bonds. The molecule has 72 valence electrons. The van der Waals surface area contributed by atoms with Crippen molar-refractivity contribution in [1.29, 1.82) is 5.26 Å². The maximum absolute atomic E-state index is 8.81. The first-order valence-corrected chi connectivity index (χ1v) is 5.04. The maximum atomic E-state index is 8.81. The third-order valence-corrected chi connectivity index (χ3v) is 3.06. The van der Waals surface area contributed by atoms with Crippen LogP contribution in [0, 0.1) is 31.8 Å². The molecule has 0 unspecified atom stereocenters. The Morgan fingerprint density at radius 3 is 2.40 bits per heavy atom. The lowest BCUT2D eigenvalue weighted by atomic mass is 10.3. The lowest BCUT2D eigenvalue weighted by molar-refractivity contribution is 1.26. The van der Waals surface area contributed by atoms with E-state index in [-0.39, 0.29) is 11.5 Å². The molecule has 5 heteroatoms. The van der Waals surface area contributed by atoms with E-state index in [4.69, 9.17) is 11.8 Å². The van der Waals surface area contributed by atoms with Crippen LogP contribution in [-0.2, 0) is 0 Å². The molecule has 0 spiro atoms. The fraction of sp³-hybridized carbons (Fsp3) is 0.200. The van der Waals surface area contributed by atoms with E-state index in [1.165, 1.54) is 0 Å². The van der Waals surface area contributed by atoms with Crippen LogP contribution in [-0.4, -0.2) is 9.97 Å². The van der Waals surface area contributed by atoms with Crippen LogP contribution in [0.5, 0.6) is 0 Å². The van der Waals surface area contributed by atoms with Gasteiger partial charge in [-0.15, -0.1) is 16.3 Å². The molecule has 0 fully saturated rings. The summed E-state index contributed by atoms with van der Waals surface area (Å²) in [6, 6.07) is 1.89. The van der Waals surface area contributed by atoms with Gasteiger partial charge in [0.2, 0.25) is 0 Å².